The lowest BCUT2D eigenvalue weighted by atomic mass is 10.2. The number of furan rings is 1. The average molecular weight is 283 g/mol. The zero-order chi connectivity index (χ0) is 14.3. The first-order chi connectivity index (χ1) is 9.46. The standard InChI is InChI=1S/C12H11F2N3O3/c1-7-15-16-10(20-7)9-4-12(13,14)6-17(9)11(18)8-2-3-19-5-8/h2-3,5,9H,4,6H2,1H3/t9-/m0/s1. The number of likely N-dealkylation sites (tertiary alicyclic amines) is 1. The molecule has 1 amide bonds. The van der Waals surface area contributed by atoms with Crippen LogP contribution in [0, 0.1) is 6.92 Å². The lowest BCUT2D eigenvalue weighted by Gasteiger charge is -2.20. The Hall–Kier alpha value is -2.25. The van der Waals surface area contributed by atoms with Crippen molar-refractivity contribution in [2.45, 2.75) is 25.3 Å². The summed E-state index contributed by atoms with van der Waals surface area (Å²) in [5.41, 5.74) is 0.212. The molecular formula is C12H11F2N3O3. The van der Waals surface area contributed by atoms with E-state index in [2.05, 4.69) is 10.2 Å². The Balaban J connectivity index is 1.93. The van der Waals surface area contributed by atoms with Gasteiger partial charge in [0.1, 0.15) is 12.3 Å². The third-order valence-electron chi connectivity index (χ3n) is 3.13. The largest absolute Gasteiger partial charge is 0.472 e. The van der Waals surface area contributed by atoms with Crippen LogP contribution in [0.3, 0.4) is 0 Å². The van der Waals surface area contributed by atoms with E-state index in [1.54, 1.807) is 6.92 Å². The molecule has 3 heterocycles. The van der Waals surface area contributed by atoms with Crippen LogP contribution in [0.15, 0.2) is 27.4 Å². The highest BCUT2D eigenvalue weighted by molar-refractivity contribution is 5.94. The molecular weight excluding hydrogens is 272 g/mol. The van der Waals surface area contributed by atoms with Gasteiger partial charge in [-0.15, -0.1) is 10.2 Å². The molecule has 1 fully saturated rings. The van der Waals surface area contributed by atoms with E-state index >= 15 is 0 Å². The summed E-state index contributed by atoms with van der Waals surface area (Å²) in [5.74, 6) is -3.23. The molecule has 0 aliphatic carbocycles. The summed E-state index contributed by atoms with van der Waals surface area (Å²) in [6.07, 6.45) is 2.00. The summed E-state index contributed by atoms with van der Waals surface area (Å²) >= 11 is 0. The first kappa shape index (κ1) is 12.8. The van der Waals surface area contributed by atoms with Gasteiger partial charge in [0.2, 0.25) is 11.8 Å². The summed E-state index contributed by atoms with van der Waals surface area (Å²) in [7, 11) is 0. The smallest absolute Gasteiger partial charge is 0.267 e. The molecule has 2 aromatic rings. The van der Waals surface area contributed by atoms with Crippen molar-refractivity contribution in [3.63, 3.8) is 0 Å². The van der Waals surface area contributed by atoms with Gasteiger partial charge in [0.25, 0.3) is 11.8 Å². The third kappa shape index (κ3) is 2.17. The van der Waals surface area contributed by atoms with Crippen molar-refractivity contribution >= 4 is 5.91 Å². The molecule has 106 valence electrons. The molecule has 0 radical (unpaired) electrons. The first-order valence-corrected chi connectivity index (χ1v) is 5.97. The van der Waals surface area contributed by atoms with E-state index in [1.807, 2.05) is 0 Å². The van der Waals surface area contributed by atoms with Gasteiger partial charge in [-0.3, -0.25) is 4.79 Å². The summed E-state index contributed by atoms with van der Waals surface area (Å²) < 4.78 is 37.3. The number of carbonyl (C=O) groups excluding carboxylic acids is 1. The van der Waals surface area contributed by atoms with E-state index in [0.717, 1.165) is 4.90 Å². The van der Waals surface area contributed by atoms with Crippen molar-refractivity contribution in [1.29, 1.82) is 0 Å². The van der Waals surface area contributed by atoms with Crippen LogP contribution in [-0.2, 0) is 0 Å². The fourth-order valence-corrected chi connectivity index (χ4v) is 2.25. The monoisotopic (exact) mass is 283 g/mol. The van der Waals surface area contributed by atoms with E-state index in [-0.39, 0.29) is 17.3 Å². The minimum absolute atomic E-state index is 0.0246. The predicted molar refractivity (Wildman–Crippen MR) is 61.1 cm³/mol. The Morgan fingerprint density at radius 2 is 2.30 bits per heavy atom. The second-order valence-electron chi connectivity index (χ2n) is 4.68. The second-order valence-corrected chi connectivity index (χ2v) is 4.68. The van der Waals surface area contributed by atoms with Gasteiger partial charge in [-0.25, -0.2) is 8.78 Å². The van der Waals surface area contributed by atoms with E-state index < -0.39 is 30.8 Å². The lowest BCUT2D eigenvalue weighted by molar-refractivity contribution is 0.0117. The van der Waals surface area contributed by atoms with E-state index in [1.165, 1.54) is 18.6 Å². The Labute approximate surface area is 112 Å². The van der Waals surface area contributed by atoms with E-state index in [0.29, 0.717) is 0 Å². The quantitative estimate of drug-likeness (QED) is 0.844. The SMILES string of the molecule is Cc1nnc([C@@H]2CC(F)(F)CN2C(=O)c2ccoc2)o1. The molecule has 8 heteroatoms. The van der Waals surface area contributed by atoms with Crippen LogP contribution < -0.4 is 0 Å². The van der Waals surface area contributed by atoms with Gasteiger partial charge in [0.15, 0.2) is 0 Å². The normalized spacial score (nSPS) is 21.4. The van der Waals surface area contributed by atoms with Gasteiger partial charge in [-0.1, -0.05) is 0 Å². The van der Waals surface area contributed by atoms with Crippen molar-refractivity contribution in [2.24, 2.45) is 0 Å². The van der Waals surface area contributed by atoms with Crippen LogP contribution in [0.25, 0.3) is 0 Å². The summed E-state index contributed by atoms with van der Waals surface area (Å²) in [6, 6.07) is 0.503. The molecule has 20 heavy (non-hydrogen) atoms. The van der Waals surface area contributed by atoms with Crippen LogP contribution >= 0.6 is 0 Å². The number of aryl methyl sites for hydroxylation is 1. The highest BCUT2D eigenvalue weighted by atomic mass is 19.3. The van der Waals surface area contributed by atoms with Gasteiger partial charge in [0, 0.05) is 13.3 Å². The van der Waals surface area contributed by atoms with Crippen molar-refractivity contribution in [2.75, 3.05) is 6.54 Å². The molecule has 0 aromatic carbocycles. The fraction of sp³-hybridized carbons (Fsp3) is 0.417. The topological polar surface area (TPSA) is 72.4 Å². The predicted octanol–water partition coefficient (Wildman–Crippen LogP) is 2.19. The number of carbonyl (C=O) groups is 1. The number of hydrogen-bond acceptors (Lipinski definition) is 5. The molecule has 2 aromatic heterocycles. The Kier molecular flexibility index (Phi) is 2.81. The second kappa shape index (κ2) is 4.39. The van der Waals surface area contributed by atoms with Gasteiger partial charge in [0.05, 0.1) is 18.4 Å². The number of halogens is 2. The highest BCUT2D eigenvalue weighted by Crippen LogP contribution is 2.41. The lowest BCUT2D eigenvalue weighted by Crippen LogP contribution is -2.32. The van der Waals surface area contributed by atoms with Crippen molar-refractivity contribution in [1.82, 2.24) is 15.1 Å². The summed E-state index contributed by atoms with van der Waals surface area (Å²) in [4.78, 5) is 13.3. The zero-order valence-corrected chi connectivity index (χ0v) is 10.5. The number of aromatic nitrogens is 2. The Morgan fingerprint density at radius 3 is 2.90 bits per heavy atom. The summed E-state index contributed by atoms with van der Waals surface area (Å²) in [6.45, 7) is 0.884. The first-order valence-electron chi connectivity index (χ1n) is 5.97. The zero-order valence-electron chi connectivity index (χ0n) is 10.5. The molecule has 0 saturated carbocycles. The van der Waals surface area contributed by atoms with Crippen LogP contribution in [0.2, 0.25) is 0 Å². The maximum Gasteiger partial charge on any atom is 0.267 e. The highest BCUT2D eigenvalue weighted by Gasteiger charge is 2.49. The third-order valence-corrected chi connectivity index (χ3v) is 3.13. The number of amides is 1. The van der Waals surface area contributed by atoms with Crippen LogP contribution in [0.1, 0.15) is 34.6 Å². The Bertz CT molecular complexity index is 624. The van der Waals surface area contributed by atoms with E-state index in [9.17, 15) is 13.6 Å². The van der Waals surface area contributed by atoms with Crippen molar-refractivity contribution < 1.29 is 22.4 Å². The molecule has 0 spiro atoms. The number of nitrogens with zero attached hydrogens (tertiary/aromatic N) is 3. The molecule has 1 saturated heterocycles. The molecule has 0 unspecified atom stereocenters. The average Bonchev–Trinajstić information content (AvgIpc) is 3.07. The molecule has 0 N–H and O–H groups in total. The number of rotatable bonds is 2. The van der Waals surface area contributed by atoms with Gasteiger partial charge in [-0.05, 0) is 6.07 Å². The fourth-order valence-electron chi connectivity index (χ4n) is 2.25. The van der Waals surface area contributed by atoms with Gasteiger partial charge in [-0.2, -0.15) is 0 Å². The minimum atomic E-state index is -2.98. The minimum Gasteiger partial charge on any atom is -0.472 e. The van der Waals surface area contributed by atoms with Crippen LogP contribution in [0.5, 0.6) is 0 Å². The summed E-state index contributed by atoms with van der Waals surface area (Å²) in [5, 5.41) is 7.36. The molecule has 1 aliphatic rings. The molecule has 3 rings (SSSR count). The Morgan fingerprint density at radius 1 is 1.50 bits per heavy atom. The maximum absolute atomic E-state index is 13.6. The van der Waals surface area contributed by atoms with Gasteiger partial charge >= 0.3 is 0 Å². The maximum atomic E-state index is 13.6. The molecule has 1 aliphatic heterocycles. The van der Waals surface area contributed by atoms with Crippen molar-refractivity contribution in [3.8, 4) is 0 Å². The number of hydrogen-bond donors (Lipinski definition) is 0. The van der Waals surface area contributed by atoms with E-state index in [4.69, 9.17) is 8.83 Å². The molecule has 0 bridgehead atoms. The van der Waals surface area contributed by atoms with Crippen LogP contribution in [-0.4, -0.2) is 33.5 Å². The van der Waals surface area contributed by atoms with Gasteiger partial charge < -0.3 is 13.7 Å². The van der Waals surface area contributed by atoms with Crippen molar-refractivity contribution in [3.05, 3.63) is 35.9 Å². The number of alkyl halides is 2. The molecule has 6 nitrogen and oxygen atoms in total. The molecule has 1 atom stereocenters. The van der Waals surface area contributed by atoms with Crippen LogP contribution in [0.4, 0.5) is 8.78 Å².